The van der Waals surface area contributed by atoms with E-state index < -0.39 is 0 Å². The van der Waals surface area contributed by atoms with Gasteiger partial charge in [-0.15, -0.1) is 10.2 Å². The zero-order chi connectivity index (χ0) is 15.9. The van der Waals surface area contributed by atoms with Crippen LogP contribution in [0.25, 0.3) is 0 Å². The molecule has 1 saturated carbocycles. The van der Waals surface area contributed by atoms with E-state index in [4.69, 9.17) is 4.52 Å². The van der Waals surface area contributed by atoms with Crippen LogP contribution in [0.2, 0.25) is 0 Å². The molecule has 0 bridgehead atoms. The monoisotopic (exact) mass is 328 g/mol. The maximum Gasteiger partial charge on any atom is 0.324 e. The largest absolute Gasteiger partial charge is 0.324 e. The lowest BCUT2D eigenvalue weighted by molar-refractivity contribution is 0.382. The first kappa shape index (κ1) is 14.4. The Morgan fingerprint density at radius 2 is 1.88 bits per heavy atom. The number of rotatable bonds is 3. The second-order valence-electron chi connectivity index (χ2n) is 7.43. The SMILES string of the molecule is C1CCc2nnc([C@H]3CCCN(c4nc(C5CC5)no4)C3)n2CC1. The molecule has 0 aromatic carbocycles. The van der Waals surface area contributed by atoms with Crippen molar-refractivity contribution >= 4 is 6.01 Å². The fraction of sp³-hybridized carbons (Fsp3) is 0.765. The third-order valence-electron chi connectivity index (χ3n) is 5.57. The molecule has 1 saturated heterocycles. The Morgan fingerprint density at radius 1 is 0.917 bits per heavy atom. The lowest BCUT2D eigenvalue weighted by Crippen LogP contribution is -2.35. The number of anilines is 1. The minimum absolute atomic E-state index is 0.411. The summed E-state index contributed by atoms with van der Waals surface area (Å²) >= 11 is 0. The Labute approximate surface area is 141 Å². The van der Waals surface area contributed by atoms with Crippen molar-refractivity contribution in [2.24, 2.45) is 0 Å². The van der Waals surface area contributed by atoms with Crippen molar-refractivity contribution in [2.75, 3.05) is 18.0 Å². The van der Waals surface area contributed by atoms with Gasteiger partial charge in [0.1, 0.15) is 11.6 Å². The molecule has 7 heteroatoms. The van der Waals surface area contributed by atoms with Crippen LogP contribution >= 0.6 is 0 Å². The van der Waals surface area contributed by atoms with Gasteiger partial charge in [-0.3, -0.25) is 0 Å². The topological polar surface area (TPSA) is 72.9 Å². The molecule has 2 aromatic heterocycles. The van der Waals surface area contributed by atoms with Gasteiger partial charge in [0, 0.05) is 37.9 Å². The van der Waals surface area contributed by atoms with E-state index in [1.165, 1.54) is 43.8 Å². The fourth-order valence-corrected chi connectivity index (χ4v) is 4.03. The van der Waals surface area contributed by atoms with Gasteiger partial charge in [0.2, 0.25) is 0 Å². The van der Waals surface area contributed by atoms with Gasteiger partial charge in [-0.2, -0.15) is 4.98 Å². The van der Waals surface area contributed by atoms with E-state index in [0.29, 0.717) is 17.9 Å². The van der Waals surface area contributed by atoms with Crippen molar-refractivity contribution < 1.29 is 4.52 Å². The molecule has 128 valence electrons. The molecule has 0 radical (unpaired) electrons. The second-order valence-corrected chi connectivity index (χ2v) is 7.43. The first-order chi connectivity index (χ1) is 11.9. The molecule has 4 heterocycles. The molecule has 2 aliphatic heterocycles. The highest BCUT2D eigenvalue weighted by Gasteiger charge is 2.32. The van der Waals surface area contributed by atoms with E-state index in [9.17, 15) is 0 Å². The van der Waals surface area contributed by atoms with Crippen LogP contribution in [0.1, 0.15) is 74.3 Å². The van der Waals surface area contributed by atoms with Crippen LogP contribution in [0.15, 0.2) is 4.52 Å². The lowest BCUT2D eigenvalue weighted by Gasteiger charge is -2.30. The van der Waals surface area contributed by atoms with Crippen LogP contribution in [-0.2, 0) is 13.0 Å². The van der Waals surface area contributed by atoms with Gasteiger partial charge in [-0.1, -0.05) is 11.6 Å². The minimum atomic E-state index is 0.411. The highest BCUT2D eigenvalue weighted by Crippen LogP contribution is 2.39. The molecule has 2 aromatic rings. The van der Waals surface area contributed by atoms with Crippen molar-refractivity contribution in [3.63, 3.8) is 0 Å². The maximum absolute atomic E-state index is 5.53. The smallest absolute Gasteiger partial charge is 0.324 e. The number of aryl methyl sites for hydroxylation is 1. The minimum Gasteiger partial charge on any atom is -0.324 e. The standard InChI is InChI=1S/C17H24N6O/c1-2-6-14-19-20-16(23(14)10-3-1)13-5-4-9-22(11-13)17-18-15(21-24-17)12-7-8-12/h12-13H,1-11H2/t13-/m0/s1. The quantitative estimate of drug-likeness (QED) is 0.862. The highest BCUT2D eigenvalue weighted by atomic mass is 16.5. The van der Waals surface area contributed by atoms with Crippen molar-refractivity contribution in [1.82, 2.24) is 24.9 Å². The zero-order valence-corrected chi connectivity index (χ0v) is 14.0. The average Bonchev–Trinajstić information content (AvgIpc) is 3.29. The summed E-state index contributed by atoms with van der Waals surface area (Å²) < 4.78 is 7.91. The zero-order valence-electron chi connectivity index (χ0n) is 14.0. The summed E-state index contributed by atoms with van der Waals surface area (Å²) in [6, 6.07) is 0.692. The molecular formula is C17H24N6O. The molecule has 0 amide bonds. The van der Waals surface area contributed by atoms with E-state index in [2.05, 4.69) is 29.8 Å². The van der Waals surface area contributed by atoms with Crippen molar-refractivity contribution in [3.05, 3.63) is 17.5 Å². The number of fused-ring (bicyclic) bond motifs is 1. The predicted octanol–water partition coefficient (Wildman–Crippen LogP) is 2.65. The summed E-state index contributed by atoms with van der Waals surface area (Å²) in [5, 5.41) is 13.2. The second kappa shape index (κ2) is 5.86. The highest BCUT2D eigenvalue weighted by molar-refractivity contribution is 5.29. The van der Waals surface area contributed by atoms with Crippen LogP contribution < -0.4 is 4.90 Å². The van der Waals surface area contributed by atoms with Gasteiger partial charge in [0.05, 0.1) is 0 Å². The molecule has 0 unspecified atom stereocenters. The Hall–Kier alpha value is -1.92. The molecule has 1 aliphatic carbocycles. The molecule has 1 atom stereocenters. The summed E-state index contributed by atoms with van der Waals surface area (Å²) in [6.07, 6.45) is 9.54. The number of nitrogens with zero attached hydrogens (tertiary/aromatic N) is 6. The molecule has 7 nitrogen and oxygen atoms in total. The van der Waals surface area contributed by atoms with Gasteiger partial charge in [-0.25, -0.2) is 0 Å². The van der Waals surface area contributed by atoms with Crippen LogP contribution in [0, 0.1) is 0 Å². The van der Waals surface area contributed by atoms with Gasteiger partial charge in [0.15, 0.2) is 5.82 Å². The number of hydrogen-bond acceptors (Lipinski definition) is 6. The Morgan fingerprint density at radius 3 is 2.79 bits per heavy atom. The molecule has 2 fully saturated rings. The molecule has 0 N–H and O–H groups in total. The summed E-state index contributed by atoms with van der Waals surface area (Å²) in [5.41, 5.74) is 0. The van der Waals surface area contributed by atoms with Gasteiger partial charge in [-0.05, 0) is 38.5 Å². The molecule has 5 rings (SSSR count). The lowest BCUT2D eigenvalue weighted by atomic mass is 9.97. The number of hydrogen-bond donors (Lipinski definition) is 0. The summed E-state index contributed by atoms with van der Waals surface area (Å²) in [5.74, 6) is 4.18. The summed E-state index contributed by atoms with van der Waals surface area (Å²) in [4.78, 5) is 6.86. The molecule has 3 aliphatic rings. The van der Waals surface area contributed by atoms with Crippen LogP contribution in [0.4, 0.5) is 6.01 Å². The first-order valence-electron chi connectivity index (χ1n) is 9.39. The molecule has 0 spiro atoms. The van der Waals surface area contributed by atoms with Crippen LogP contribution in [0.5, 0.6) is 0 Å². The van der Waals surface area contributed by atoms with Crippen molar-refractivity contribution in [1.29, 1.82) is 0 Å². The van der Waals surface area contributed by atoms with Crippen molar-refractivity contribution in [2.45, 2.75) is 69.7 Å². The number of piperidine rings is 1. The van der Waals surface area contributed by atoms with Crippen LogP contribution in [0.3, 0.4) is 0 Å². The van der Waals surface area contributed by atoms with Crippen molar-refractivity contribution in [3.8, 4) is 0 Å². The molecular weight excluding hydrogens is 304 g/mol. The Balaban J connectivity index is 1.36. The Kier molecular flexibility index (Phi) is 3.52. The van der Waals surface area contributed by atoms with Crippen LogP contribution in [-0.4, -0.2) is 38.0 Å². The third-order valence-corrected chi connectivity index (χ3v) is 5.57. The summed E-state index contributed by atoms with van der Waals surface area (Å²) in [7, 11) is 0. The number of aromatic nitrogens is 5. The normalized spacial score (nSPS) is 24.7. The van der Waals surface area contributed by atoms with Gasteiger partial charge >= 0.3 is 6.01 Å². The van der Waals surface area contributed by atoms with E-state index in [-0.39, 0.29) is 0 Å². The Bertz CT molecular complexity index is 718. The fourth-order valence-electron chi connectivity index (χ4n) is 4.03. The predicted molar refractivity (Wildman–Crippen MR) is 88.0 cm³/mol. The molecule has 24 heavy (non-hydrogen) atoms. The third kappa shape index (κ3) is 2.59. The van der Waals surface area contributed by atoms with Gasteiger partial charge < -0.3 is 14.0 Å². The first-order valence-corrected chi connectivity index (χ1v) is 9.39. The van der Waals surface area contributed by atoms with E-state index in [1.54, 1.807) is 0 Å². The van der Waals surface area contributed by atoms with E-state index in [0.717, 1.165) is 44.7 Å². The average molecular weight is 328 g/mol. The van der Waals surface area contributed by atoms with E-state index >= 15 is 0 Å². The van der Waals surface area contributed by atoms with E-state index in [1.807, 2.05) is 0 Å². The van der Waals surface area contributed by atoms with Gasteiger partial charge in [0.25, 0.3) is 0 Å². The maximum atomic E-state index is 5.53. The summed E-state index contributed by atoms with van der Waals surface area (Å²) in [6.45, 7) is 2.97.